The molecule has 1 fully saturated rings. The Morgan fingerprint density at radius 3 is 2.90 bits per heavy atom. The van der Waals surface area contributed by atoms with E-state index in [1.54, 1.807) is 11.8 Å². The second-order valence-electron chi connectivity index (χ2n) is 5.67. The zero-order valence-corrected chi connectivity index (χ0v) is 12.9. The molecule has 4 nitrogen and oxygen atoms in total. The van der Waals surface area contributed by atoms with Crippen LogP contribution in [0.1, 0.15) is 18.9 Å². The van der Waals surface area contributed by atoms with Crippen molar-refractivity contribution in [2.45, 2.75) is 25.4 Å². The average molecular weight is 304 g/mol. The maximum absolute atomic E-state index is 12.6. The lowest BCUT2D eigenvalue weighted by molar-refractivity contribution is -0.133. The standard InChI is InChI=1S/C16H20N2O2S/c1-11-7-8-18(14(11)9-19)16(20)13-10-21-15(17-13)12-5-3-2-4-6-12/h2-6,11,13-14,19H,7-10H2,1H3. The number of amides is 1. The number of carbonyl (C=O) groups is 1. The number of rotatable bonds is 3. The van der Waals surface area contributed by atoms with E-state index in [1.165, 1.54) is 0 Å². The number of nitrogens with zero attached hydrogens (tertiary/aromatic N) is 2. The van der Waals surface area contributed by atoms with Crippen molar-refractivity contribution in [3.05, 3.63) is 35.9 Å². The highest BCUT2D eigenvalue weighted by Gasteiger charge is 2.38. The summed E-state index contributed by atoms with van der Waals surface area (Å²) in [5.74, 6) is 1.13. The van der Waals surface area contributed by atoms with Crippen LogP contribution < -0.4 is 0 Å². The van der Waals surface area contributed by atoms with Gasteiger partial charge in [-0.25, -0.2) is 0 Å². The summed E-state index contributed by atoms with van der Waals surface area (Å²) in [4.78, 5) is 19.1. The number of benzene rings is 1. The predicted octanol–water partition coefficient (Wildman–Crippen LogP) is 1.78. The Labute approximate surface area is 129 Å². The number of hydrogen-bond donors (Lipinski definition) is 1. The second-order valence-corrected chi connectivity index (χ2v) is 6.68. The third-order valence-corrected chi connectivity index (χ3v) is 5.41. The molecule has 3 unspecified atom stereocenters. The van der Waals surface area contributed by atoms with Gasteiger partial charge in [-0.1, -0.05) is 37.3 Å². The number of likely N-dealkylation sites (tertiary alicyclic amines) is 1. The quantitative estimate of drug-likeness (QED) is 0.926. The first kappa shape index (κ1) is 14.6. The normalized spacial score (nSPS) is 28.8. The molecule has 0 bridgehead atoms. The average Bonchev–Trinajstić information content (AvgIpc) is 3.14. The van der Waals surface area contributed by atoms with Gasteiger partial charge in [0.1, 0.15) is 6.04 Å². The minimum Gasteiger partial charge on any atom is -0.394 e. The molecule has 1 N–H and O–H groups in total. The van der Waals surface area contributed by atoms with Crippen LogP contribution in [-0.4, -0.2) is 51.9 Å². The zero-order valence-electron chi connectivity index (χ0n) is 12.1. The molecular formula is C16H20N2O2S. The van der Waals surface area contributed by atoms with E-state index >= 15 is 0 Å². The van der Waals surface area contributed by atoms with E-state index in [1.807, 2.05) is 35.2 Å². The maximum atomic E-state index is 12.6. The number of aliphatic hydroxyl groups is 1. The van der Waals surface area contributed by atoms with Crippen LogP contribution in [0.5, 0.6) is 0 Å². The number of aliphatic hydroxyl groups excluding tert-OH is 1. The first-order valence-corrected chi connectivity index (χ1v) is 8.36. The van der Waals surface area contributed by atoms with Gasteiger partial charge in [-0.15, -0.1) is 11.8 Å². The van der Waals surface area contributed by atoms with Crippen molar-refractivity contribution in [1.82, 2.24) is 4.90 Å². The molecule has 1 aromatic carbocycles. The van der Waals surface area contributed by atoms with Gasteiger partial charge in [-0.3, -0.25) is 9.79 Å². The highest BCUT2D eigenvalue weighted by Crippen LogP contribution is 2.29. The number of thioether (sulfide) groups is 1. The van der Waals surface area contributed by atoms with E-state index < -0.39 is 0 Å². The summed E-state index contributed by atoms with van der Waals surface area (Å²) in [6.07, 6.45) is 0.964. The fraction of sp³-hybridized carbons (Fsp3) is 0.500. The van der Waals surface area contributed by atoms with Gasteiger partial charge in [-0.05, 0) is 12.3 Å². The lowest BCUT2D eigenvalue weighted by atomic mass is 10.0. The Morgan fingerprint density at radius 1 is 1.43 bits per heavy atom. The van der Waals surface area contributed by atoms with E-state index in [0.717, 1.165) is 23.6 Å². The molecular weight excluding hydrogens is 284 g/mol. The van der Waals surface area contributed by atoms with E-state index in [2.05, 4.69) is 11.9 Å². The van der Waals surface area contributed by atoms with Crippen molar-refractivity contribution in [2.24, 2.45) is 10.9 Å². The second kappa shape index (κ2) is 6.20. The van der Waals surface area contributed by atoms with Crippen molar-refractivity contribution < 1.29 is 9.90 Å². The van der Waals surface area contributed by atoms with Crippen molar-refractivity contribution >= 4 is 22.7 Å². The molecule has 0 saturated carbocycles. The lowest BCUT2D eigenvalue weighted by Gasteiger charge is -2.26. The van der Waals surface area contributed by atoms with Crippen molar-refractivity contribution in [1.29, 1.82) is 0 Å². The first-order chi connectivity index (χ1) is 10.2. The van der Waals surface area contributed by atoms with Crippen LogP contribution in [0.25, 0.3) is 0 Å². The van der Waals surface area contributed by atoms with Crippen LogP contribution in [0.2, 0.25) is 0 Å². The van der Waals surface area contributed by atoms with Crippen LogP contribution in [-0.2, 0) is 4.79 Å². The molecule has 1 saturated heterocycles. The summed E-state index contributed by atoms with van der Waals surface area (Å²) in [6, 6.07) is 9.64. The van der Waals surface area contributed by atoms with E-state index in [4.69, 9.17) is 0 Å². The molecule has 21 heavy (non-hydrogen) atoms. The van der Waals surface area contributed by atoms with Gasteiger partial charge in [-0.2, -0.15) is 0 Å². The van der Waals surface area contributed by atoms with Crippen LogP contribution in [0.4, 0.5) is 0 Å². The number of aliphatic imine (C=N–C) groups is 1. The van der Waals surface area contributed by atoms with Crippen molar-refractivity contribution in [3.63, 3.8) is 0 Å². The molecule has 3 rings (SSSR count). The minimum atomic E-state index is -0.301. The number of carbonyl (C=O) groups excluding carboxylic acids is 1. The summed E-state index contributed by atoms with van der Waals surface area (Å²) >= 11 is 1.64. The SMILES string of the molecule is CC1CCN(C(=O)C2CSC(c3ccccc3)=N2)C1CO. The van der Waals surface area contributed by atoms with Crippen LogP contribution in [0, 0.1) is 5.92 Å². The van der Waals surface area contributed by atoms with Gasteiger partial charge in [0.2, 0.25) is 5.91 Å². The lowest BCUT2D eigenvalue weighted by Crippen LogP contribution is -2.44. The fourth-order valence-corrected chi connectivity index (χ4v) is 4.03. The third-order valence-electron chi connectivity index (χ3n) is 4.31. The maximum Gasteiger partial charge on any atom is 0.248 e. The Kier molecular flexibility index (Phi) is 4.31. The van der Waals surface area contributed by atoms with Crippen molar-refractivity contribution in [3.8, 4) is 0 Å². The molecule has 112 valence electrons. The summed E-state index contributed by atoms with van der Waals surface area (Å²) in [6.45, 7) is 2.88. The largest absolute Gasteiger partial charge is 0.394 e. The molecule has 1 aromatic rings. The zero-order chi connectivity index (χ0) is 14.8. The molecule has 5 heteroatoms. The monoisotopic (exact) mass is 304 g/mol. The van der Waals surface area contributed by atoms with Crippen LogP contribution in [0.3, 0.4) is 0 Å². The van der Waals surface area contributed by atoms with Gasteiger partial charge in [0.15, 0.2) is 0 Å². The van der Waals surface area contributed by atoms with Crippen LogP contribution >= 0.6 is 11.8 Å². The summed E-state index contributed by atoms with van der Waals surface area (Å²) in [7, 11) is 0. The molecule has 3 atom stereocenters. The van der Waals surface area contributed by atoms with Gasteiger partial charge < -0.3 is 10.0 Å². The Bertz CT molecular complexity index is 546. The minimum absolute atomic E-state index is 0.0431. The number of hydrogen-bond acceptors (Lipinski definition) is 4. The summed E-state index contributed by atoms with van der Waals surface area (Å²) < 4.78 is 0. The van der Waals surface area contributed by atoms with Gasteiger partial charge >= 0.3 is 0 Å². The molecule has 2 aliphatic heterocycles. The summed E-state index contributed by atoms with van der Waals surface area (Å²) in [5.41, 5.74) is 1.08. The van der Waals surface area contributed by atoms with Gasteiger partial charge in [0, 0.05) is 17.9 Å². The van der Waals surface area contributed by atoms with Gasteiger partial charge in [0.25, 0.3) is 0 Å². The molecule has 0 spiro atoms. The molecule has 0 aromatic heterocycles. The molecule has 0 aliphatic carbocycles. The van der Waals surface area contributed by atoms with Crippen LogP contribution in [0.15, 0.2) is 35.3 Å². The molecule has 2 aliphatic rings. The van der Waals surface area contributed by atoms with E-state index in [0.29, 0.717) is 11.7 Å². The Morgan fingerprint density at radius 2 is 2.19 bits per heavy atom. The first-order valence-electron chi connectivity index (χ1n) is 7.38. The predicted molar refractivity (Wildman–Crippen MR) is 85.6 cm³/mol. The van der Waals surface area contributed by atoms with E-state index in [9.17, 15) is 9.90 Å². The Hall–Kier alpha value is -1.33. The summed E-state index contributed by atoms with van der Waals surface area (Å²) in [5, 5.41) is 10.4. The van der Waals surface area contributed by atoms with Gasteiger partial charge in [0.05, 0.1) is 17.7 Å². The Balaban J connectivity index is 1.74. The van der Waals surface area contributed by atoms with Crippen molar-refractivity contribution in [2.75, 3.05) is 18.9 Å². The topological polar surface area (TPSA) is 52.9 Å². The highest BCUT2D eigenvalue weighted by atomic mass is 32.2. The molecule has 0 radical (unpaired) electrons. The fourth-order valence-electron chi connectivity index (χ4n) is 2.99. The smallest absolute Gasteiger partial charge is 0.248 e. The van der Waals surface area contributed by atoms with E-state index in [-0.39, 0.29) is 24.6 Å². The molecule has 2 heterocycles. The highest BCUT2D eigenvalue weighted by molar-refractivity contribution is 8.14. The third kappa shape index (κ3) is 2.85. The molecule has 1 amide bonds.